The molecule has 2 heterocycles. The molecule has 1 aromatic heterocycles. The molecule has 2 N–H and O–H groups in total. The van der Waals surface area contributed by atoms with E-state index in [-0.39, 0.29) is 0 Å². The van der Waals surface area contributed by atoms with Gasteiger partial charge in [-0.25, -0.2) is 0 Å². The fourth-order valence-electron chi connectivity index (χ4n) is 1.57. The molecular formula is C8H14N4O. The minimum atomic E-state index is 0.441. The Kier molecular flexibility index (Phi) is 2.44. The van der Waals surface area contributed by atoms with Crippen LogP contribution in [0.5, 0.6) is 0 Å². The van der Waals surface area contributed by atoms with Gasteiger partial charge in [-0.1, -0.05) is 5.10 Å². The zero-order chi connectivity index (χ0) is 9.10. The van der Waals surface area contributed by atoms with Crippen LogP contribution in [-0.2, 0) is 0 Å². The van der Waals surface area contributed by atoms with Crippen LogP contribution in [0.25, 0.3) is 0 Å². The molecule has 1 saturated heterocycles. The summed E-state index contributed by atoms with van der Waals surface area (Å²) < 4.78 is 5.41. The van der Waals surface area contributed by atoms with E-state index in [4.69, 9.17) is 4.42 Å². The largest absolute Gasteiger partial charge is 0.408 e. The van der Waals surface area contributed by atoms with Gasteiger partial charge in [0.1, 0.15) is 0 Å². The molecule has 5 heteroatoms. The lowest BCUT2D eigenvalue weighted by Gasteiger charge is -2.18. The molecule has 13 heavy (non-hydrogen) atoms. The van der Waals surface area contributed by atoms with Gasteiger partial charge < -0.3 is 15.1 Å². The molecule has 0 atom stereocenters. The Morgan fingerprint density at radius 1 is 1.38 bits per heavy atom. The highest BCUT2D eigenvalue weighted by Crippen LogP contribution is 2.24. The Morgan fingerprint density at radius 3 is 2.77 bits per heavy atom. The van der Waals surface area contributed by atoms with Crippen LogP contribution in [0.4, 0.5) is 6.01 Å². The van der Waals surface area contributed by atoms with E-state index in [2.05, 4.69) is 20.8 Å². The number of hydrogen-bond acceptors (Lipinski definition) is 5. The minimum Gasteiger partial charge on any atom is -0.408 e. The van der Waals surface area contributed by atoms with Crippen molar-refractivity contribution >= 4 is 6.01 Å². The smallest absolute Gasteiger partial charge is 0.315 e. The van der Waals surface area contributed by atoms with Gasteiger partial charge in [0.15, 0.2) is 0 Å². The molecule has 0 aliphatic carbocycles. The van der Waals surface area contributed by atoms with E-state index in [9.17, 15) is 0 Å². The van der Waals surface area contributed by atoms with Crippen molar-refractivity contribution in [2.75, 3.05) is 25.5 Å². The molecule has 1 aromatic rings. The van der Waals surface area contributed by atoms with E-state index in [0.717, 1.165) is 31.8 Å². The first-order valence-corrected chi connectivity index (χ1v) is 4.62. The van der Waals surface area contributed by atoms with Crippen molar-refractivity contribution in [3.05, 3.63) is 5.89 Å². The Morgan fingerprint density at radius 2 is 2.15 bits per heavy atom. The Bertz CT molecular complexity index is 267. The van der Waals surface area contributed by atoms with Crippen LogP contribution in [-0.4, -0.2) is 30.3 Å². The summed E-state index contributed by atoms with van der Waals surface area (Å²) in [5.74, 6) is 1.21. The third kappa shape index (κ3) is 1.80. The van der Waals surface area contributed by atoms with Crippen LogP contribution >= 0.6 is 0 Å². The molecule has 0 bridgehead atoms. The third-order valence-electron chi connectivity index (χ3n) is 2.34. The molecule has 0 aromatic carbocycles. The van der Waals surface area contributed by atoms with E-state index in [1.54, 1.807) is 7.05 Å². The lowest BCUT2D eigenvalue weighted by molar-refractivity contribution is 0.379. The Labute approximate surface area is 76.9 Å². The molecule has 72 valence electrons. The number of piperidine rings is 1. The maximum Gasteiger partial charge on any atom is 0.315 e. The van der Waals surface area contributed by atoms with Gasteiger partial charge in [-0.3, -0.25) is 0 Å². The van der Waals surface area contributed by atoms with E-state index in [1.807, 2.05) is 0 Å². The quantitative estimate of drug-likeness (QED) is 0.700. The highest BCUT2D eigenvalue weighted by atomic mass is 16.4. The molecule has 0 spiro atoms. The van der Waals surface area contributed by atoms with E-state index in [1.165, 1.54) is 0 Å². The number of nitrogens with zero attached hydrogens (tertiary/aromatic N) is 2. The predicted octanol–water partition coefficient (Wildman–Crippen LogP) is 0.578. The topological polar surface area (TPSA) is 63.0 Å². The summed E-state index contributed by atoms with van der Waals surface area (Å²) in [4.78, 5) is 0. The predicted molar refractivity (Wildman–Crippen MR) is 48.7 cm³/mol. The van der Waals surface area contributed by atoms with Crippen molar-refractivity contribution in [2.24, 2.45) is 0 Å². The summed E-state index contributed by atoms with van der Waals surface area (Å²) in [7, 11) is 1.78. The number of hydrogen-bond donors (Lipinski definition) is 2. The molecule has 0 amide bonds. The van der Waals surface area contributed by atoms with Crippen LogP contribution in [0.3, 0.4) is 0 Å². The number of nitrogens with one attached hydrogen (secondary N) is 2. The van der Waals surface area contributed by atoms with E-state index >= 15 is 0 Å². The normalized spacial score (nSPS) is 18.8. The van der Waals surface area contributed by atoms with Crippen LogP contribution in [0, 0.1) is 0 Å². The van der Waals surface area contributed by atoms with Gasteiger partial charge in [0.05, 0.1) is 0 Å². The van der Waals surface area contributed by atoms with Gasteiger partial charge in [0.25, 0.3) is 0 Å². The SMILES string of the molecule is CNc1nnc(C2CCNCC2)o1. The lowest BCUT2D eigenvalue weighted by atomic mass is 9.98. The van der Waals surface area contributed by atoms with Crippen LogP contribution in [0.2, 0.25) is 0 Å². The monoisotopic (exact) mass is 182 g/mol. The highest BCUT2D eigenvalue weighted by Gasteiger charge is 2.20. The molecule has 0 unspecified atom stereocenters. The first kappa shape index (κ1) is 8.50. The van der Waals surface area contributed by atoms with Gasteiger partial charge in [-0.15, -0.1) is 5.10 Å². The molecule has 0 saturated carbocycles. The number of anilines is 1. The van der Waals surface area contributed by atoms with Crippen molar-refractivity contribution in [3.8, 4) is 0 Å². The lowest BCUT2D eigenvalue weighted by Crippen LogP contribution is -2.26. The van der Waals surface area contributed by atoms with Gasteiger partial charge in [-0.2, -0.15) is 0 Å². The summed E-state index contributed by atoms with van der Waals surface area (Å²) in [6, 6.07) is 0.508. The number of aromatic nitrogens is 2. The van der Waals surface area contributed by atoms with Gasteiger partial charge in [0.2, 0.25) is 5.89 Å². The second kappa shape index (κ2) is 3.74. The molecule has 2 rings (SSSR count). The van der Waals surface area contributed by atoms with Crippen molar-refractivity contribution in [1.29, 1.82) is 0 Å². The first-order chi connectivity index (χ1) is 6.40. The van der Waals surface area contributed by atoms with Crippen molar-refractivity contribution in [2.45, 2.75) is 18.8 Å². The Hall–Kier alpha value is -1.10. The molecular weight excluding hydrogens is 168 g/mol. The fourth-order valence-corrected chi connectivity index (χ4v) is 1.57. The van der Waals surface area contributed by atoms with Crippen molar-refractivity contribution in [1.82, 2.24) is 15.5 Å². The van der Waals surface area contributed by atoms with Crippen molar-refractivity contribution < 1.29 is 4.42 Å². The van der Waals surface area contributed by atoms with Crippen LogP contribution in [0.1, 0.15) is 24.7 Å². The standard InChI is InChI=1S/C8H14N4O/c1-9-8-12-11-7(13-8)6-2-4-10-5-3-6/h6,10H,2-5H2,1H3,(H,9,12). The van der Waals surface area contributed by atoms with E-state index < -0.39 is 0 Å². The maximum absolute atomic E-state index is 5.41. The summed E-state index contributed by atoms with van der Waals surface area (Å²) in [5.41, 5.74) is 0. The Balaban J connectivity index is 2.05. The molecule has 0 radical (unpaired) electrons. The first-order valence-electron chi connectivity index (χ1n) is 4.62. The average molecular weight is 182 g/mol. The maximum atomic E-state index is 5.41. The van der Waals surface area contributed by atoms with Gasteiger partial charge in [0, 0.05) is 13.0 Å². The zero-order valence-electron chi connectivity index (χ0n) is 7.71. The summed E-state index contributed by atoms with van der Waals surface area (Å²) >= 11 is 0. The summed E-state index contributed by atoms with van der Waals surface area (Å²) in [6.45, 7) is 2.09. The van der Waals surface area contributed by atoms with Crippen LogP contribution in [0.15, 0.2) is 4.42 Å². The highest BCUT2D eigenvalue weighted by molar-refractivity contribution is 5.15. The van der Waals surface area contributed by atoms with Gasteiger partial charge >= 0.3 is 6.01 Å². The summed E-state index contributed by atoms with van der Waals surface area (Å²) in [6.07, 6.45) is 2.18. The molecule has 1 aliphatic rings. The fraction of sp³-hybridized carbons (Fsp3) is 0.750. The van der Waals surface area contributed by atoms with Crippen LogP contribution < -0.4 is 10.6 Å². The second-order valence-electron chi connectivity index (χ2n) is 3.22. The second-order valence-corrected chi connectivity index (χ2v) is 3.22. The van der Waals surface area contributed by atoms with E-state index in [0.29, 0.717) is 11.9 Å². The molecule has 5 nitrogen and oxygen atoms in total. The molecule has 1 aliphatic heterocycles. The summed E-state index contributed by atoms with van der Waals surface area (Å²) in [5, 5.41) is 14.0. The minimum absolute atomic E-state index is 0.441. The number of rotatable bonds is 2. The zero-order valence-corrected chi connectivity index (χ0v) is 7.71. The molecule has 1 fully saturated rings. The average Bonchev–Trinajstić information content (AvgIpc) is 2.67. The van der Waals surface area contributed by atoms with Crippen molar-refractivity contribution in [3.63, 3.8) is 0 Å². The van der Waals surface area contributed by atoms with Gasteiger partial charge in [-0.05, 0) is 25.9 Å². The third-order valence-corrected chi connectivity index (χ3v) is 2.34.